The van der Waals surface area contributed by atoms with Crippen molar-refractivity contribution < 1.29 is 22.8 Å². The molecule has 0 heterocycles. The first-order valence-electron chi connectivity index (χ1n) is 12.3. The first kappa shape index (κ1) is 30.8. The fraction of sp³-hybridized carbons (Fsp3) is 0.880. The summed E-state index contributed by atoms with van der Waals surface area (Å²) >= 11 is 0. The summed E-state index contributed by atoms with van der Waals surface area (Å²) in [7, 11) is -4.74. The summed E-state index contributed by atoms with van der Waals surface area (Å²) in [4.78, 5) is 12.2. The van der Waals surface area contributed by atoms with Crippen LogP contribution in [0.25, 0.3) is 0 Å². The van der Waals surface area contributed by atoms with Crippen LogP contribution in [0, 0.1) is 0 Å². The van der Waals surface area contributed by atoms with Gasteiger partial charge < -0.3 is 18.0 Å². The number of esters is 1. The smallest absolute Gasteiger partial charge is 0.330 e. The molecule has 1 rings (SSSR count). The number of carbonyl (C=O) groups excluding carboxylic acids is 1. The highest BCUT2D eigenvalue weighted by atomic mass is 28.4. The highest BCUT2D eigenvalue weighted by molar-refractivity contribution is 6.74. The van der Waals surface area contributed by atoms with E-state index in [1.54, 1.807) is 6.08 Å². The van der Waals surface area contributed by atoms with Gasteiger partial charge in [0, 0.05) is 6.08 Å². The second kappa shape index (κ2) is 10.0. The monoisotopic (exact) mass is 516 g/mol. The van der Waals surface area contributed by atoms with Crippen molar-refractivity contribution in [2.24, 2.45) is 0 Å². The Hall–Kier alpha value is -0.259. The number of rotatable bonds is 7. The molecule has 0 aromatic heterocycles. The molecular weight excluding hydrogens is 465 g/mol. The molecule has 1 aliphatic carbocycles. The number of methoxy groups -OCH3 is 1. The third-order valence-electron chi connectivity index (χ3n) is 7.71. The predicted octanol–water partition coefficient (Wildman–Crippen LogP) is 7.27. The third-order valence-corrected chi connectivity index (χ3v) is 17.7. The SMILES string of the molecule is COC(=O)C=C1C[C@H](O[Si](C)(C)C(C)(C)C)C(C)(O[Si](C)(C)C)[C@H](O[Si](C)(C)C(C)(C)C)C1. The minimum Gasteiger partial charge on any atom is -0.466 e. The van der Waals surface area contributed by atoms with Gasteiger partial charge in [0.2, 0.25) is 0 Å². The van der Waals surface area contributed by atoms with Crippen molar-refractivity contribution in [2.75, 3.05) is 7.11 Å². The molecule has 0 saturated heterocycles. The molecule has 0 aromatic carbocycles. The summed E-state index contributed by atoms with van der Waals surface area (Å²) < 4.78 is 26.1. The summed E-state index contributed by atoms with van der Waals surface area (Å²) in [6, 6.07) is 0. The molecule has 0 aliphatic heterocycles. The molecular formula is C25H52O5Si3. The molecule has 0 spiro atoms. The van der Waals surface area contributed by atoms with Crippen LogP contribution < -0.4 is 0 Å². The molecule has 0 amide bonds. The lowest BCUT2D eigenvalue weighted by molar-refractivity contribution is -0.135. The lowest BCUT2D eigenvalue weighted by Gasteiger charge is -2.55. The average molecular weight is 517 g/mol. The van der Waals surface area contributed by atoms with Crippen molar-refractivity contribution in [3.05, 3.63) is 11.6 Å². The van der Waals surface area contributed by atoms with E-state index >= 15 is 0 Å². The fourth-order valence-corrected chi connectivity index (χ4v) is 8.04. The summed E-state index contributed by atoms with van der Waals surface area (Å²) in [5.74, 6) is -0.322. The lowest BCUT2D eigenvalue weighted by atomic mass is 9.78. The van der Waals surface area contributed by atoms with Crippen LogP contribution in [0.5, 0.6) is 0 Å². The Kier molecular flexibility index (Phi) is 9.33. The highest BCUT2D eigenvalue weighted by Crippen LogP contribution is 2.48. The summed E-state index contributed by atoms with van der Waals surface area (Å²) in [6.45, 7) is 31.5. The maximum Gasteiger partial charge on any atom is 0.330 e. The molecule has 1 saturated carbocycles. The number of carbonyl (C=O) groups is 1. The van der Waals surface area contributed by atoms with E-state index in [9.17, 15) is 4.79 Å². The van der Waals surface area contributed by atoms with Crippen LogP contribution in [-0.2, 0) is 22.8 Å². The molecule has 0 N–H and O–H groups in total. The standard InChI is InChI=1S/C25H52O5Si3/c1-23(2,3)32(12,13)28-20-16-19(18-22(26)27-8)17-21(25(20,7)30-31(9,10)11)29-33(14,15)24(4,5)6/h18,20-21H,16-17H2,1-15H3/t20-,21+,25?. The van der Waals surface area contributed by atoms with Crippen LogP contribution in [0.3, 0.4) is 0 Å². The van der Waals surface area contributed by atoms with Crippen molar-refractivity contribution in [2.45, 2.75) is 135 Å². The zero-order valence-electron chi connectivity index (χ0n) is 24.2. The zero-order chi connectivity index (χ0) is 26.3. The number of ether oxygens (including phenoxy) is 1. The first-order valence-corrected chi connectivity index (χ1v) is 21.5. The topological polar surface area (TPSA) is 54.0 Å². The van der Waals surface area contributed by atoms with Crippen molar-refractivity contribution in [1.82, 2.24) is 0 Å². The quantitative estimate of drug-likeness (QED) is 0.202. The Labute approximate surface area is 207 Å². The molecule has 3 atom stereocenters. The molecule has 194 valence electrons. The second-order valence-corrected chi connectivity index (χ2v) is 27.8. The Morgan fingerprint density at radius 1 is 0.848 bits per heavy atom. The number of hydrogen-bond donors (Lipinski definition) is 0. The fourth-order valence-electron chi connectivity index (χ4n) is 3.69. The molecule has 1 fully saturated rings. The first-order chi connectivity index (χ1) is 14.5. The predicted molar refractivity (Wildman–Crippen MR) is 146 cm³/mol. The average Bonchev–Trinajstić information content (AvgIpc) is 2.55. The summed E-state index contributed by atoms with van der Waals surface area (Å²) in [5.41, 5.74) is 0.425. The van der Waals surface area contributed by atoms with Crippen molar-refractivity contribution in [3.8, 4) is 0 Å². The van der Waals surface area contributed by atoms with E-state index in [2.05, 4.69) is 94.3 Å². The third kappa shape index (κ3) is 7.87. The molecule has 5 nitrogen and oxygen atoms in total. The van der Waals surface area contributed by atoms with Gasteiger partial charge in [0.1, 0.15) is 5.60 Å². The van der Waals surface area contributed by atoms with Crippen molar-refractivity contribution >= 4 is 30.9 Å². The molecule has 0 aromatic rings. The normalized spacial score (nSPS) is 27.1. The van der Waals surface area contributed by atoms with E-state index in [1.165, 1.54) is 7.11 Å². The minimum absolute atomic E-state index is 0.0620. The van der Waals surface area contributed by atoms with Gasteiger partial charge in [-0.05, 0) is 75.7 Å². The Bertz CT molecular complexity index is 684. The van der Waals surface area contributed by atoms with Gasteiger partial charge in [-0.25, -0.2) is 4.79 Å². The molecule has 1 unspecified atom stereocenters. The Morgan fingerprint density at radius 2 is 1.21 bits per heavy atom. The van der Waals surface area contributed by atoms with Crippen LogP contribution in [-0.4, -0.2) is 55.8 Å². The molecule has 8 heteroatoms. The van der Waals surface area contributed by atoms with Crippen LogP contribution in [0.15, 0.2) is 11.6 Å². The second-order valence-electron chi connectivity index (χ2n) is 13.9. The Balaban J connectivity index is 3.64. The van der Waals surface area contributed by atoms with Gasteiger partial charge in [0.15, 0.2) is 25.0 Å². The van der Waals surface area contributed by atoms with E-state index < -0.39 is 30.6 Å². The van der Waals surface area contributed by atoms with E-state index in [4.69, 9.17) is 18.0 Å². The van der Waals surface area contributed by atoms with Gasteiger partial charge in [-0.15, -0.1) is 0 Å². The minimum atomic E-state index is -2.11. The highest BCUT2D eigenvalue weighted by Gasteiger charge is 2.55. The number of hydrogen-bond acceptors (Lipinski definition) is 5. The van der Waals surface area contributed by atoms with Gasteiger partial charge in [-0.1, -0.05) is 47.1 Å². The largest absolute Gasteiger partial charge is 0.466 e. The van der Waals surface area contributed by atoms with Crippen LogP contribution in [0.1, 0.15) is 61.3 Å². The van der Waals surface area contributed by atoms with E-state index in [0.29, 0.717) is 12.8 Å². The van der Waals surface area contributed by atoms with Crippen LogP contribution in [0.2, 0.25) is 55.9 Å². The molecule has 33 heavy (non-hydrogen) atoms. The van der Waals surface area contributed by atoms with Gasteiger partial charge in [-0.2, -0.15) is 0 Å². The van der Waals surface area contributed by atoms with Gasteiger partial charge >= 0.3 is 5.97 Å². The molecule has 0 radical (unpaired) electrons. The maximum absolute atomic E-state index is 12.2. The van der Waals surface area contributed by atoms with Gasteiger partial charge in [-0.3, -0.25) is 0 Å². The summed E-state index contributed by atoms with van der Waals surface area (Å²) in [6.07, 6.45) is 2.56. The molecule has 0 bridgehead atoms. The summed E-state index contributed by atoms with van der Waals surface area (Å²) in [5, 5.41) is 0.124. The van der Waals surface area contributed by atoms with Crippen molar-refractivity contribution in [1.29, 1.82) is 0 Å². The maximum atomic E-state index is 12.2. The van der Waals surface area contributed by atoms with Crippen LogP contribution >= 0.6 is 0 Å². The van der Waals surface area contributed by atoms with E-state index in [1.807, 2.05) is 0 Å². The molecule has 1 aliphatic rings. The van der Waals surface area contributed by atoms with E-state index in [0.717, 1.165) is 5.57 Å². The van der Waals surface area contributed by atoms with Crippen LogP contribution in [0.4, 0.5) is 0 Å². The van der Waals surface area contributed by atoms with E-state index in [-0.39, 0.29) is 28.3 Å². The Morgan fingerprint density at radius 3 is 1.48 bits per heavy atom. The zero-order valence-corrected chi connectivity index (χ0v) is 27.2. The van der Waals surface area contributed by atoms with Gasteiger partial charge in [0.25, 0.3) is 0 Å². The lowest BCUT2D eigenvalue weighted by Crippen LogP contribution is -2.65. The van der Waals surface area contributed by atoms with Crippen molar-refractivity contribution in [3.63, 3.8) is 0 Å². The van der Waals surface area contributed by atoms with Gasteiger partial charge in [0.05, 0.1) is 19.3 Å².